The summed E-state index contributed by atoms with van der Waals surface area (Å²) in [5.74, 6) is 0.203. The normalized spacial score (nSPS) is 18.7. The molecule has 0 unspecified atom stereocenters. The Morgan fingerprint density at radius 3 is 2.53 bits per heavy atom. The third-order valence-corrected chi connectivity index (χ3v) is 7.54. The number of ether oxygens (including phenoxy) is 1. The molecule has 0 atom stereocenters. The van der Waals surface area contributed by atoms with E-state index in [-0.39, 0.29) is 17.9 Å². The van der Waals surface area contributed by atoms with Crippen molar-refractivity contribution in [2.75, 3.05) is 25.2 Å². The maximum absolute atomic E-state index is 13.8. The van der Waals surface area contributed by atoms with Crippen molar-refractivity contribution >= 4 is 33.4 Å². The molecule has 0 aromatic heterocycles. The lowest BCUT2D eigenvalue weighted by molar-refractivity contribution is -0.127. The summed E-state index contributed by atoms with van der Waals surface area (Å²) in [6.45, 7) is 9.56. The summed E-state index contributed by atoms with van der Waals surface area (Å²) in [6.07, 6.45) is 8.23. The molecule has 1 aromatic carbocycles. The highest BCUT2D eigenvalue weighted by Gasteiger charge is 2.40. The van der Waals surface area contributed by atoms with Crippen molar-refractivity contribution in [3.05, 3.63) is 27.7 Å². The summed E-state index contributed by atoms with van der Waals surface area (Å²) in [5.41, 5.74) is 2.23. The minimum atomic E-state index is -0.453. The summed E-state index contributed by atoms with van der Waals surface area (Å²) in [7, 11) is 1.70. The van der Waals surface area contributed by atoms with Crippen LogP contribution in [0.5, 0.6) is 0 Å². The zero-order valence-corrected chi connectivity index (χ0v) is 22.0. The highest BCUT2D eigenvalue weighted by Crippen LogP contribution is 2.41. The number of methoxy groups -OCH3 is 1. The van der Waals surface area contributed by atoms with Crippen LogP contribution in [0.4, 0.5) is 5.69 Å². The molecule has 0 bridgehead atoms. The molecule has 2 amide bonds. The first kappa shape index (κ1) is 25.2. The quantitative estimate of drug-likeness (QED) is 0.407. The SMILES string of the molecule is COCCCCN1C(=O)C(C)(C)Cc2cc(Br)c(C(=O)N(C(C)C)C3CCCCC3)cc21. The molecule has 1 aromatic rings. The minimum absolute atomic E-state index is 0.0678. The van der Waals surface area contributed by atoms with Gasteiger partial charge in [-0.1, -0.05) is 33.1 Å². The van der Waals surface area contributed by atoms with Crippen LogP contribution in [0.1, 0.15) is 88.6 Å². The molecular formula is C26H39BrN2O3. The van der Waals surface area contributed by atoms with Gasteiger partial charge in [0, 0.05) is 47.9 Å². The predicted octanol–water partition coefficient (Wildman–Crippen LogP) is 5.97. The molecule has 1 aliphatic carbocycles. The average molecular weight is 508 g/mol. The van der Waals surface area contributed by atoms with Crippen molar-refractivity contribution in [1.29, 1.82) is 0 Å². The lowest BCUT2D eigenvalue weighted by atomic mass is 9.79. The third-order valence-electron chi connectivity index (χ3n) is 6.89. The second kappa shape index (κ2) is 10.7. The monoisotopic (exact) mass is 506 g/mol. The lowest BCUT2D eigenvalue weighted by Gasteiger charge is -2.40. The average Bonchev–Trinajstić information content (AvgIpc) is 2.73. The molecule has 0 saturated heterocycles. The van der Waals surface area contributed by atoms with Crippen LogP contribution in [0.25, 0.3) is 0 Å². The van der Waals surface area contributed by atoms with Crippen molar-refractivity contribution in [3.8, 4) is 0 Å². The number of halogens is 1. The van der Waals surface area contributed by atoms with E-state index in [0.29, 0.717) is 31.2 Å². The predicted molar refractivity (Wildman–Crippen MR) is 133 cm³/mol. The Bertz CT molecular complexity index is 831. The standard InChI is InChI=1S/C26H39BrN2O3/c1-18(2)29(20-11-7-6-8-12-20)24(30)21-16-23-19(15-22(21)27)17-26(3,4)25(31)28(23)13-9-10-14-32-5/h15-16,18,20H,6-14,17H2,1-5H3. The first-order valence-corrected chi connectivity index (χ1v) is 12.9. The van der Waals surface area contributed by atoms with E-state index in [9.17, 15) is 9.59 Å². The van der Waals surface area contributed by atoms with Crippen LogP contribution in [0.15, 0.2) is 16.6 Å². The van der Waals surface area contributed by atoms with E-state index >= 15 is 0 Å². The summed E-state index contributed by atoms with van der Waals surface area (Å²) < 4.78 is 6.01. The highest BCUT2D eigenvalue weighted by molar-refractivity contribution is 9.10. The number of amides is 2. The van der Waals surface area contributed by atoms with Crippen LogP contribution >= 0.6 is 15.9 Å². The smallest absolute Gasteiger partial charge is 0.255 e. The van der Waals surface area contributed by atoms with Gasteiger partial charge in [0.05, 0.1) is 5.56 Å². The Labute approximate surface area is 202 Å². The van der Waals surface area contributed by atoms with Gasteiger partial charge in [-0.25, -0.2) is 0 Å². The van der Waals surface area contributed by atoms with Crippen molar-refractivity contribution in [3.63, 3.8) is 0 Å². The van der Waals surface area contributed by atoms with Gasteiger partial charge >= 0.3 is 0 Å². The van der Waals surface area contributed by atoms with Gasteiger partial charge in [-0.05, 0) is 79.6 Å². The molecule has 2 aliphatic rings. The fourth-order valence-corrected chi connectivity index (χ4v) is 5.81. The van der Waals surface area contributed by atoms with E-state index in [1.165, 1.54) is 19.3 Å². The Morgan fingerprint density at radius 1 is 1.22 bits per heavy atom. The van der Waals surface area contributed by atoms with E-state index in [2.05, 4.69) is 40.7 Å². The molecule has 178 valence electrons. The number of hydrogen-bond donors (Lipinski definition) is 0. The number of benzene rings is 1. The number of unbranched alkanes of at least 4 members (excludes halogenated alkanes) is 1. The van der Waals surface area contributed by atoms with Crippen LogP contribution < -0.4 is 4.90 Å². The second-order valence-electron chi connectivity index (χ2n) is 10.3. The third kappa shape index (κ3) is 5.39. The molecule has 5 nitrogen and oxygen atoms in total. The van der Waals surface area contributed by atoms with Crippen molar-refractivity contribution in [1.82, 2.24) is 4.90 Å². The maximum Gasteiger partial charge on any atom is 0.255 e. The summed E-state index contributed by atoms with van der Waals surface area (Å²) in [5, 5.41) is 0. The van der Waals surface area contributed by atoms with E-state index < -0.39 is 5.41 Å². The number of rotatable bonds is 8. The number of carbonyl (C=O) groups is 2. The summed E-state index contributed by atoms with van der Waals surface area (Å²) in [4.78, 5) is 31.1. The Balaban J connectivity index is 1.96. The van der Waals surface area contributed by atoms with Crippen LogP contribution in [0, 0.1) is 5.41 Å². The van der Waals surface area contributed by atoms with E-state index in [1.807, 2.05) is 24.8 Å². The Hall–Kier alpha value is -1.40. The number of hydrogen-bond acceptors (Lipinski definition) is 3. The number of nitrogens with zero attached hydrogens (tertiary/aromatic N) is 2. The van der Waals surface area contributed by atoms with Crippen LogP contribution in [-0.4, -0.2) is 49.1 Å². The Kier molecular flexibility index (Phi) is 8.42. The summed E-state index contributed by atoms with van der Waals surface area (Å²) in [6, 6.07) is 4.46. The fourth-order valence-electron chi connectivity index (χ4n) is 5.24. The molecule has 0 N–H and O–H groups in total. The first-order chi connectivity index (χ1) is 15.2. The van der Waals surface area contributed by atoms with Crippen LogP contribution in [-0.2, 0) is 16.0 Å². The fraction of sp³-hybridized carbons (Fsp3) is 0.692. The topological polar surface area (TPSA) is 49.9 Å². The van der Waals surface area contributed by atoms with Gasteiger partial charge in [-0.2, -0.15) is 0 Å². The molecule has 32 heavy (non-hydrogen) atoms. The van der Waals surface area contributed by atoms with Gasteiger partial charge in [0.2, 0.25) is 5.91 Å². The van der Waals surface area contributed by atoms with Crippen LogP contribution in [0.2, 0.25) is 0 Å². The molecule has 6 heteroatoms. The van der Waals surface area contributed by atoms with Gasteiger partial charge in [0.25, 0.3) is 5.91 Å². The van der Waals surface area contributed by atoms with Crippen molar-refractivity contribution in [2.45, 2.75) is 91.1 Å². The van der Waals surface area contributed by atoms with E-state index in [0.717, 1.165) is 41.4 Å². The maximum atomic E-state index is 13.8. The van der Waals surface area contributed by atoms with Gasteiger partial charge in [0.15, 0.2) is 0 Å². The second-order valence-corrected chi connectivity index (χ2v) is 11.1. The van der Waals surface area contributed by atoms with Gasteiger partial charge < -0.3 is 14.5 Å². The van der Waals surface area contributed by atoms with E-state index in [4.69, 9.17) is 4.74 Å². The molecule has 3 rings (SSSR count). The van der Waals surface area contributed by atoms with Crippen molar-refractivity contribution in [2.24, 2.45) is 5.41 Å². The van der Waals surface area contributed by atoms with E-state index in [1.54, 1.807) is 7.11 Å². The lowest BCUT2D eigenvalue weighted by Crippen LogP contribution is -2.47. The van der Waals surface area contributed by atoms with Gasteiger partial charge in [-0.15, -0.1) is 0 Å². The first-order valence-electron chi connectivity index (χ1n) is 12.1. The number of fused-ring (bicyclic) bond motifs is 1. The molecule has 0 radical (unpaired) electrons. The molecule has 1 saturated carbocycles. The molecule has 1 heterocycles. The minimum Gasteiger partial charge on any atom is -0.385 e. The zero-order chi connectivity index (χ0) is 23.5. The largest absolute Gasteiger partial charge is 0.385 e. The molecule has 0 spiro atoms. The number of anilines is 1. The number of carbonyl (C=O) groups excluding carboxylic acids is 2. The molecule has 1 fully saturated rings. The highest BCUT2D eigenvalue weighted by atomic mass is 79.9. The van der Waals surface area contributed by atoms with Gasteiger partial charge in [0.1, 0.15) is 0 Å². The zero-order valence-electron chi connectivity index (χ0n) is 20.4. The van der Waals surface area contributed by atoms with Crippen LogP contribution in [0.3, 0.4) is 0 Å². The van der Waals surface area contributed by atoms with Gasteiger partial charge in [-0.3, -0.25) is 9.59 Å². The summed E-state index contributed by atoms with van der Waals surface area (Å²) >= 11 is 3.70. The Morgan fingerprint density at radius 2 is 1.91 bits per heavy atom. The molecular weight excluding hydrogens is 468 g/mol. The molecule has 1 aliphatic heterocycles. The van der Waals surface area contributed by atoms with Crippen molar-refractivity contribution < 1.29 is 14.3 Å².